The highest BCUT2D eigenvalue weighted by Gasteiger charge is 2.03. The SMILES string of the molecule is Cn1ccnc1SCc1cc(C=CC(=O)O)cs1. The first kappa shape index (κ1) is 12.9. The van der Waals surface area contributed by atoms with Gasteiger partial charge in [-0.1, -0.05) is 11.8 Å². The second-order valence-electron chi connectivity index (χ2n) is 3.63. The summed E-state index contributed by atoms with van der Waals surface area (Å²) in [6, 6.07) is 2.00. The zero-order valence-corrected chi connectivity index (χ0v) is 11.4. The van der Waals surface area contributed by atoms with Crippen molar-refractivity contribution >= 4 is 35.1 Å². The molecule has 94 valence electrons. The minimum Gasteiger partial charge on any atom is -0.478 e. The van der Waals surface area contributed by atoms with Gasteiger partial charge in [-0.25, -0.2) is 9.78 Å². The first-order valence-corrected chi connectivity index (χ1v) is 7.10. The number of hydrogen-bond donors (Lipinski definition) is 1. The summed E-state index contributed by atoms with van der Waals surface area (Å²) in [6.07, 6.45) is 6.45. The van der Waals surface area contributed by atoms with Crippen molar-refractivity contribution in [1.82, 2.24) is 9.55 Å². The fraction of sp³-hybridized carbons (Fsp3) is 0.167. The topological polar surface area (TPSA) is 55.1 Å². The highest BCUT2D eigenvalue weighted by molar-refractivity contribution is 7.98. The smallest absolute Gasteiger partial charge is 0.328 e. The number of aromatic nitrogens is 2. The minimum absolute atomic E-state index is 0.844. The number of thiophene rings is 1. The minimum atomic E-state index is -0.926. The van der Waals surface area contributed by atoms with E-state index in [1.165, 1.54) is 4.88 Å². The fourth-order valence-corrected chi connectivity index (χ4v) is 3.20. The normalized spacial score (nSPS) is 11.2. The summed E-state index contributed by atoms with van der Waals surface area (Å²) in [6.45, 7) is 0. The number of rotatable bonds is 5. The molecule has 0 atom stereocenters. The molecule has 2 heterocycles. The van der Waals surface area contributed by atoms with Gasteiger partial charge in [0.25, 0.3) is 0 Å². The van der Waals surface area contributed by atoms with Crippen LogP contribution in [0.5, 0.6) is 0 Å². The van der Waals surface area contributed by atoms with E-state index in [4.69, 9.17) is 5.11 Å². The summed E-state index contributed by atoms with van der Waals surface area (Å²) >= 11 is 3.29. The van der Waals surface area contributed by atoms with Crippen LogP contribution >= 0.6 is 23.1 Å². The Bertz CT molecular complexity index is 572. The van der Waals surface area contributed by atoms with Gasteiger partial charge in [-0.15, -0.1) is 11.3 Å². The molecule has 2 rings (SSSR count). The largest absolute Gasteiger partial charge is 0.478 e. The average Bonchev–Trinajstić information content (AvgIpc) is 2.93. The van der Waals surface area contributed by atoms with Crippen molar-refractivity contribution in [2.75, 3.05) is 0 Å². The number of carboxylic acid groups (broad SMARTS) is 1. The Morgan fingerprint density at radius 2 is 2.50 bits per heavy atom. The number of nitrogens with zero attached hydrogens (tertiary/aromatic N) is 2. The van der Waals surface area contributed by atoms with Crippen LogP contribution in [-0.4, -0.2) is 20.6 Å². The maximum atomic E-state index is 10.4. The summed E-state index contributed by atoms with van der Waals surface area (Å²) in [7, 11) is 1.96. The van der Waals surface area contributed by atoms with Crippen molar-refractivity contribution in [3.8, 4) is 0 Å². The van der Waals surface area contributed by atoms with Gasteiger partial charge in [-0.3, -0.25) is 0 Å². The summed E-state index contributed by atoms with van der Waals surface area (Å²) in [5.74, 6) is -0.0821. The molecule has 2 aromatic heterocycles. The number of aliphatic carboxylic acids is 1. The van der Waals surface area contributed by atoms with Crippen LogP contribution < -0.4 is 0 Å². The van der Waals surface area contributed by atoms with Gasteiger partial charge in [0.2, 0.25) is 0 Å². The number of hydrogen-bond acceptors (Lipinski definition) is 4. The van der Waals surface area contributed by atoms with E-state index in [1.807, 2.05) is 29.3 Å². The van der Waals surface area contributed by atoms with Crippen molar-refractivity contribution in [2.45, 2.75) is 10.9 Å². The number of imidazole rings is 1. The van der Waals surface area contributed by atoms with E-state index < -0.39 is 5.97 Å². The summed E-state index contributed by atoms with van der Waals surface area (Å²) < 4.78 is 1.98. The Labute approximate surface area is 113 Å². The number of thioether (sulfide) groups is 1. The van der Waals surface area contributed by atoms with Crippen LogP contribution in [0, 0.1) is 0 Å². The Morgan fingerprint density at radius 3 is 3.17 bits per heavy atom. The molecule has 0 radical (unpaired) electrons. The molecule has 1 N–H and O–H groups in total. The molecule has 0 saturated heterocycles. The predicted octanol–water partition coefficient (Wildman–Crippen LogP) is 2.87. The van der Waals surface area contributed by atoms with Crippen LogP contribution in [0.15, 0.2) is 35.1 Å². The van der Waals surface area contributed by atoms with Gasteiger partial charge in [0.15, 0.2) is 5.16 Å². The van der Waals surface area contributed by atoms with E-state index in [2.05, 4.69) is 4.98 Å². The third-order valence-electron chi connectivity index (χ3n) is 2.21. The second kappa shape index (κ2) is 5.88. The first-order chi connectivity index (χ1) is 8.65. The van der Waals surface area contributed by atoms with Crippen LogP contribution in [0.25, 0.3) is 6.08 Å². The Hall–Kier alpha value is -1.53. The number of carbonyl (C=O) groups is 1. The second-order valence-corrected chi connectivity index (χ2v) is 5.57. The van der Waals surface area contributed by atoms with Gasteiger partial charge in [-0.2, -0.15) is 0 Å². The average molecular weight is 280 g/mol. The highest BCUT2D eigenvalue weighted by Crippen LogP contribution is 2.25. The monoisotopic (exact) mass is 280 g/mol. The standard InChI is InChI=1S/C12H12N2O2S2/c1-14-5-4-13-12(14)18-8-10-6-9(7-17-10)2-3-11(15)16/h2-7H,8H2,1H3,(H,15,16). The molecule has 0 spiro atoms. The molecule has 2 aromatic rings. The van der Waals surface area contributed by atoms with Crippen LogP contribution in [0.2, 0.25) is 0 Å². The van der Waals surface area contributed by atoms with Gasteiger partial charge < -0.3 is 9.67 Å². The summed E-state index contributed by atoms with van der Waals surface area (Å²) in [5, 5.41) is 11.5. The van der Waals surface area contributed by atoms with Crippen molar-refractivity contribution in [3.63, 3.8) is 0 Å². The maximum absolute atomic E-state index is 10.4. The van der Waals surface area contributed by atoms with Crippen LogP contribution in [0.4, 0.5) is 0 Å². The van der Waals surface area contributed by atoms with E-state index in [0.29, 0.717) is 0 Å². The molecule has 0 amide bonds. The molecule has 0 aliphatic rings. The lowest BCUT2D eigenvalue weighted by Gasteiger charge is -1.98. The van der Waals surface area contributed by atoms with Gasteiger partial charge >= 0.3 is 5.97 Å². The molecule has 6 heteroatoms. The molecule has 0 aliphatic carbocycles. The van der Waals surface area contributed by atoms with Crippen molar-refractivity contribution in [2.24, 2.45) is 7.05 Å². The van der Waals surface area contributed by atoms with Crippen molar-refractivity contribution in [3.05, 3.63) is 40.4 Å². The van der Waals surface area contributed by atoms with Gasteiger partial charge in [0.05, 0.1) is 0 Å². The Kier molecular flexibility index (Phi) is 4.22. The summed E-state index contributed by atoms with van der Waals surface area (Å²) in [5.41, 5.74) is 0.929. The third kappa shape index (κ3) is 3.48. The molecule has 0 aromatic carbocycles. The number of aryl methyl sites for hydroxylation is 1. The van der Waals surface area contributed by atoms with Gasteiger partial charge in [0, 0.05) is 36.1 Å². The van der Waals surface area contributed by atoms with E-state index in [1.54, 1.807) is 35.4 Å². The molecule has 18 heavy (non-hydrogen) atoms. The molecule has 0 unspecified atom stereocenters. The zero-order valence-electron chi connectivity index (χ0n) is 9.74. The molecule has 0 saturated carbocycles. The summed E-state index contributed by atoms with van der Waals surface area (Å²) in [4.78, 5) is 15.8. The lowest BCUT2D eigenvalue weighted by molar-refractivity contribution is -0.131. The van der Waals surface area contributed by atoms with E-state index in [9.17, 15) is 4.79 Å². The number of carboxylic acids is 1. The van der Waals surface area contributed by atoms with Crippen molar-refractivity contribution in [1.29, 1.82) is 0 Å². The van der Waals surface area contributed by atoms with Crippen LogP contribution in [0.3, 0.4) is 0 Å². The van der Waals surface area contributed by atoms with E-state index >= 15 is 0 Å². The Morgan fingerprint density at radius 1 is 1.67 bits per heavy atom. The molecule has 0 bridgehead atoms. The molecule has 4 nitrogen and oxygen atoms in total. The van der Waals surface area contributed by atoms with Crippen LogP contribution in [0.1, 0.15) is 10.4 Å². The van der Waals surface area contributed by atoms with Crippen LogP contribution in [-0.2, 0) is 17.6 Å². The lowest BCUT2D eigenvalue weighted by atomic mass is 10.3. The quantitative estimate of drug-likeness (QED) is 0.676. The third-order valence-corrected chi connectivity index (χ3v) is 4.46. The van der Waals surface area contributed by atoms with Crippen molar-refractivity contribution < 1.29 is 9.90 Å². The van der Waals surface area contributed by atoms with E-state index in [0.717, 1.165) is 22.5 Å². The lowest BCUT2D eigenvalue weighted by Crippen LogP contribution is -1.88. The van der Waals surface area contributed by atoms with E-state index in [-0.39, 0.29) is 0 Å². The molecule has 0 fully saturated rings. The molecule has 0 aliphatic heterocycles. The Balaban J connectivity index is 1.95. The maximum Gasteiger partial charge on any atom is 0.328 e. The predicted molar refractivity (Wildman–Crippen MR) is 73.8 cm³/mol. The van der Waals surface area contributed by atoms with Gasteiger partial charge in [-0.05, 0) is 23.1 Å². The molecular formula is C12H12N2O2S2. The van der Waals surface area contributed by atoms with Gasteiger partial charge in [0.1, 0.15) is 0 Å². The highest BCUT2D eigenvalue weighted by atomic mass is 32.2. The zero-order chi connectivity index (χ0) is 13.0. The first-order valence-electron chi connectivity index (χ1n) is 5.23. The fourth-order valence-electron chi connectivity index (χ4n) is 1.35. The molecular weight excluding hydrogens is 268 g/mol.